The number of carboxylic acids is 1. The van der Waals surface area contributed by atoms with Gasteiger partial charge in [-0.05, 0) is 77.5 Å². The second kappa shape index (κ2) is 7.06. The van der Waals surface area contributed by atoms with Crippen molar-refractivity contribution in [3.05, 3.63) is 35.4 Å². The van der Waals surface area contributed by atoms with Gasteiger partial charge in [-0.2, -0.15) is 0 Å². The van der Waals surface area contributed by atoms with E-state index in [2.05, 4.69) is 13.8 Å². The van der Waals surface area contributed by atoms with Crippen LogP contribution in [0.1, 0.15) is 63.4 Å². The van der Waals surface area contributed by atoms with Crippen molar-refractivity contribution in [3.63, 3.8) is 0 Å². The molecule has 1 fully saturated rings. The lowest BCUT2D eigenvalue weighted by Gasteiger charge is -2.45. The van der Waals surface area contributed by atoms with Gasteiger partial charge in [0.25, 0.3) is 0 Å². The van der Waals surface area contributed by atoms with Crippen LogP contribution in [-0.2, 0) is 11.2 Å². The summed E-state index contributed by atoms with van der Waals surface area (Å²) >= 11 is 0. The van der Waals surface area contributed by atoms with Crippen molar-refractivity contribution in [1.82, 2.24) is 4.90 Å². The van der Waals surface area contributed by atoms with E-state index in [1.165, 1.54) is 0 Å². The average Bonchev–Trinajstić information content (AvgIpc) is 2.44. The van der Waals surface area contributed by atoms with Crippen LogP contribution in [0, 0.1) is 5.92 Å². The summed E-state index contributed by atoms with van der Waals surface area (Å²) in [6.45, 7) is 10.5. The molecule has 1 unspecified atom stereocenters. The van der Waals surface area contributed by atoms with E-state index < -0.39 is 11.6 Å². The van der Waals surface area contributed by atoms with Crippen LogP contribution in [0.2, 0.25) is 0 Å². The van der Waals surface area contributed by atoms with Crippen molar-refractivity contribution < 1.29 is 19.4 Å². The highest BCUT2D eigenvalue weighted by Gasteiger charge is 2.39. The summed E-state index contributed by atoms with van der Waals surface area (Å²) in [5, 5.41) is 8.98. The number of hydrogen-bond donors (Lipinski definition) is 1. The number of hydrogen-bond acceptors (Lipinski definition) is 3. The van der Waals surface area contributed by atoms with Crippen LogP contribution >= 0.6 is 0 Å². The number of carbonyl (C=O) groups is 2. The van der Waals surface area contributed by atoms with Crippen molar-refractivity contribution in [2.75, 3.05) is 6.54 Å². The van der Waals surface area contributed by atoms with Crippen LogP contribution in [0.3, 0.4) is 0 Å². The normalized spacial score (nSPS) is 20.2. The molecule has 1 atom stereocenters. The maximum absolute atomic E-state index is 12.4. The number of benzene rings is 1. The third kappa shape index (κ3) is 5.21. The molecule has 1 aromatic rings. The van der Waals surface area contributed by atoms with E-state index in [4.69, 9.17) is 9.84 Å². The zero-order chi connectivity index (χ0) is 18.8. The fourth-order valence-corrected chi connectivity index (χ4v) is 3.48. The molecule has 0 spiro atoms. The molecule has 1 aliphatic heterocycles. The highest BCUT2D eigenvalue weighted by Crippen LogP contribution is 2.34. The summed E-state index contributed by atoms with van der Waals surface area (Å²) in [5.74, 6) is -0.442. The van der Waals surface area contributed by atoms with Gasteiger partial charge in [0.05, 0.1) is 5.56 Å². The van der Waals surface area contributed by atoms with Crippen molar-refractivity contribution in [2.45, 2.75) is 65.0 Å². The second-order valence-corrected chi connectivity index (χ2v) is 8.51. The predicted octanol–water partition coefficient (Wildman–Crippen LogP) is 4.35. The molecule has 138 valence electrons. The Balaban J connectivity index is 1.99. The minimum atomic E-state index is -0.904. The molecule has 1 saturated heterocycles. The Morgan fingerprint density at radius 1 is 1.24 bits per heavy atom. The molecule has 0 radical (unpaired) electrons. The first-order chi connectivity index (χ1) is 11.5. The first-order valence-corrected chi connectivity index (χ1v) is 8.81. The zero-order valence-electron chi connectivity index (χ0n) is 15.8. The van der Waals surface area contributed by atoms with Gasteiger partial charge in [0.15, 0.2) is 0 Å². The minimum Gasteiger partial charge on any atom is -0.478 e. The predicted molar refractivity (Wildman–Crippen MR) is 96.8 cm³/mol. The van der Waals surface area contributed by atoms with E-state index in [0.29, 0.717) is 18.0 Å². The fraction of sp³-hybridized carbons (Fsp3) is 0.600. The summed E-state index contributed by atoms with van der Waals surface area (Å²) in [5.41, 5.74) is 0.697. The highest BCUT2D eigenvalue weighted by atomic mass is 16.6. The number of rotatable bonds is 3. The van der Waals surface area contributed by atoms with Crippen LogP contribution in [0.25, 0.3) is 0 Å². The highest BCUT2D eigenvalue weighted by molar-refractivity contribution is 5.87. The summed E-state index contributed by atoms with van der Waals surface area (Å²) in [4.78, 5) is 25.2. The summed E-state index contributed by atoms with van der Waals surface area (Å²) in [7, 11) is 0. The number of ether oxygens (including phenoxy) is 1. The van der Waals surface area contributed by atoms with Gasteiger partial charge in [0, 0.05) is 12.1 Å². The Morgan fingerprint density at radius 3 is 2.32 bits per heavy atom. The minimum absolute atomic E-state index is 0.248. The maximum Gasteiger partial charge on any atom is 0.410 e. The van der Waals surface area contributed by atoms with E-state index in [1.807, 2.05) is 37.8 Å². The lowest BCUT2D eigenvalue weighted by Crippen LogP contribution is -2.54. The number of carboxylic acid groups (broad SMARTS) is 1. The summed E-state index contributed by atoms with van der Waals surface area (Å²) < 4.78 is 5.53. The number of amides is 1. The molecular weight excluding hydrogens is 318 g/mol. The van der Waals surface area contributed by atoms with Crippen molar-refractivity contribution in [2.24, 2.45) is 5.92 Å². The van der Waals surface area contributed by atoms with Gasteiger partial charge in [-0.25, -0.2) is 9.59 Å². The molecule has 0 aliphatic carbocycles. The molecule has 1 heterocycles. The van der Waals surface area contributed by atoms with Gasteiger partial charge in [-0.1, -0.05) is 12.1 Å². The molecule has 0 saturated carbocycles. The Hall–Kier alpha value is -2.04. The van der Waals surface area contributed by atoms with Crippen LogP contribution in [0.5, 0.6) is 0 Å². The zero-order valence-corrected chi connectivity index (χ0v) is 15.8. The molecule has 1 N–H and O–H groups in total. The number of likely N-dealkylation sites (tertiary alicyclic amines) is 1. The Bertz CT molecular complexity index is 628. The summed E-state index contributed by atoms with van der Waals surface area (Å²) in [6, 6.07) is 7.07. The van der Waals surface area contributed by atoms with E-state index in [9.17, 15) is 9.59 Å². The van der Waals surface area contributed by atoms with E-state index in [0.717, 1.165) is 24.8 Å². The van der Waals surface area contributed by atoms with Crippen LogP contribution < -0.4 is 0 Å². The van der Waals surface area contributed by atoms with Crippen LogP contribution in [0.4, 0.5) is 4.79 Å². The quantitative estimate of drug-likeness (QED) is 0.882. The standard InChI is InChI=1S/C20H29NO4/c1-19(2,3)25-18(24)21-11-10-15(13-20(21,4)5)12-14-6-8-16(9-7-14)17(22)23/h6-9,15H,10-13H2,1-5H3,(H,22,23). The molecule has 0 aromatic heterocycles. The van der Waals surface area contributed by atoms with E-state index in [-0.39, 0.29) is 11.6 Å². The van der Waals surface area contributed by atoms with Crippen molar-refractivity contribution in [3.8, 4) is 0 Å². The smallest absolute Gasteiger partial charge is 0.410 e. The van der Waals surface area contributed by atoms with Gasteiger partial charge in [-0.3, -0.25) is 0 Å². The number of aromatic carboxylic acids is 1. The maximum atomic E-state index is 12.4. The van der Waals surface area contributed by atoms with Gasteiger partial charge in [-0.15, -0.1) is 0 Å². The van der Waals surface area contributed by atoms with Gasteiger partial charge < -0.3 is 14.7 Å². The van der Waals surface area contributed by atoms with Gasteiger partial charge in [0.1, 0.15) is 5.60 Å². The van der Waals surface area contributed by atoms with Crippen LogP contribution in [0.15, 0.2) is 24.3 Å². The average molecular weight is 347 g/mol. The second-order valence-electron chi connectivity index (χ2n) is 8.51. The molecule has 2 rings (SSSR count). The third-order valence-electron chi connectivity index (χ3n) is 4.62. The Labute approximate surface area is 150 Å². The Kier molecular flexibility index (Phi) is 5.45. The topological polar surface area (TPSA) is 66.8 Å². The van der Waals surface area contributed by atoms with Gasteiger partial charge >= 0.3 is 12.1 Å². The van der Waals surface area contributed by atoms with Gasteiger partial charge in [0.2, 0.25) is 0 Å². The largest absolute Gasteiger partial charge is 0.478 e. The van der Waals surface area contributed by atoms with E-state index in [1.54, 1.807) is 12.1 Å². The van der Waals surface area contributed by atoms with Crippen LogP contribution in [-0.4, -0.2) is 39.8 Å². The fourth-order valence-electron chi connectivity index (χ4n) is 3.48. The number of carbonyl (C=O) groups excluding carboxylic acids is 1. The molecule has 5 nitrogen and oxygen atoms in total. The summed E-state index contributed by atoms with van der Waals surface area (Å²) in [6.07, 6.45) is 2.46. The Morgan fingerprint density at radius 2 is 1.84 bits per heavy atom. The SMILES string of the molecule is CC(C)(C)OC(=O)N1CCC(Cc2ccc(C(=O)O)cc2)CC1(C)C. The van der Waals surface area contributed by atoms with Crippen molar-refractivity contribution in [1.29, 1.82) is 0 Å². The first-order valence-electron chi connectivity index (χ1n) is 8.81. The number of piperidine rings is 1. The third-order valence-corrected chi connectivity index (χ3v) is 4.62. The molecule has 1 amide bonds. The van der Waals surface area contributed by atoms with E-state index >= 15 is 0 Å². The lowest BCUT2D eigenvalue weighted by molar-refractivity contribution is -0.0146. The molecule has 1 aromatic carbocycles. The lowest BCUT2D eigenvalue weighted by atomic mass is 9.80. The first kappa shape index (κ1) is 19.3. The molecule has 25 heavy (non-hydrogen) atoms. The molecule has 5 heteroatoms. The monoisotopic (exact) mass is 347 g/mol. The molecule has 0 bridgehead atoms. The van der Waals surface area contributed by atoms with Crippen molar-refractivity contribution >= 4 is 12.1 Å². The molecule has 1 aliphatic rings. The number of nitrogens with zero attached hydrogens (tertiary/aromatic N) is 1. The molecular formula is C20H29NO4.